The fraction of sp³-hybridized carbons (Fsp3) is 0.0952. The third kappa shape index (κ3) is 5.81. The summed E-state index contributed by atoms with van der Waals surface area (Å²) in [6, 6.07) is 15.3. The maximum Gasteiger partial charge on any atom is 0.416 e. The summed E-state index contributed by atoms with van der Waals surface area (Å²) in [5.74, 6) is -1.06. The molecule has 0 bridgehead atoms. The molecule has 0 aromatic heterocycles. The van der Waals surface area contributed by atoms with Crippen molar-refractivity contribution in [3.63, 3.8) is 0 Å². The highest BCUT2D eigenvalue weighted by molar-refractivity contribution is 5.83. The fourth-order valence-corrected chi connectivity index (χ4v) is 2.71. The normalized spacial score (nSPS) is 11.4. The molecule has 170 valence electrons. The second-order valence-corrected chi connectivity index (χ2v) is 6.49. The summed E-state index contributed by atoms with van der Waals surface area (Å²) in [6.07, 6.45) is -3.82. The Balaban J connectivity index is 1.94. The summed E-state index contributed by atoms with van der Waals surface area (Å²) in [7, 11) is 0. The van der Waals surface area contributed by atoms with E-state index in [2.05, 4.69) is 5.16 Å². The third-order valence-corrected chi connectivity index (χ3v) is 4.24. The van der Waals surface area contributed by atoms with Crippen LogP contribution in [-0.2, 0) is 17.6 Å². The number of hydrogen-bond donors (Lipinski definition) is 0. The molecule has 3 rings (SSSR count). The van der Waals surface area contributed by atoms with E-state index in [1.165, 1.54) is 24.4 Å². The SMILES string of the molecule is O=[N+]([O-])c1cc(C(F)(F)F)cc([N+](=O)[O-])c1Oc1ccccc1/C=N/OCc1ccccc1. The van der Waals surface area contributed by atoms with Gasteiger partial charge in [0, 0.05) is 17.7 Å². The zero-order valence-corrected chi connectivity index (χ0v) is 16.6. The summed E-state index contributed by atoms with van der Waals surface area (Å²) >= 11 is 0. The summed E-state index contributed by atoms with van der Waals surface area (Å²) in [4.78, 5) is 25.6. The number of rotatable bonds is 8. The summed E-state index contributed by atoms with van der Waals surface area (Å²) in [6.45, 7) is 0.149. The largest absolute Gasteiger partial charge is 0.443 e. The van der Waals surface area contributed by atoms with E-state index in [9.17, 15) is 33.4 Å². The van der Waals surface area contributed by atoms with Gasteiger partial charge in [0.15, 0.2) is 0 Å². The Bertz CT molecular complexity index is 1160. The quantitative estimate of drug-likeness (QED) is 0.235. The number of ether oxygens (including phenoxy) is 1. The van der Waals surface area contributed by atoms with Gasteiger partial charge in [0.25, 0.3) is 5.75 Å². The highest BCUT2D eigenvalue weighted by atomic mass is 19.4. The molecule has 0 saturated carbocycles. The van der Waals surface area contributed by atoms with E-state index in [4.69, 9.17) is 9.57 Å². The van der Waals surface area contributed by atoms with Gasteiger partial charge in [-0.1, -0.05) is 47.6 Å². The molecule has 0 atom stereocenters. The van der Waals surface area contributed by atoms with Crippen LogP contribution in [-0.4, -0.2) is 16.1 Å². The number of nitro benzene ring substituents is 2. The van der Waals surface area contributed by atoms with Crippen LogP contribution in [0.4, 0.5) is 24.5 Å². The topological polar surface area (TPSA) is 117 Å². The average Bonchev–Trinajstić information content (AvgIpc) is 2.77. The van der Waals surface area contributed by atoms with Crippen LogP contribution in [0.15, 0.2) is 71.9 Å². The molecular formula is C21H14F3N3O6. The van der Waals surface area contributed by atoms with Gasteiger partial charge in [-0.25, -0.2) is 0 Å². The minimum Gasteiger partial charge on any atom is -0.443 e. The number of nitrogens with zero attached hydrogens (tertiary/aromatic N) is 3. The average molecular weight is 461 g/mol. The molecule has 0 unspecified atom stereocenters. The van der Waals surface area contributed by atoms with Gasteiger partial charge < -0.3 is 9.57 Å². The lowest BCUT2D eigenvalue weighted by molar-refractivity contribution is -0.396. The van der Waals surface area contributed by atoms with Gasteiger partial charge in [-0.3, -0.25) is 20.2 Å². The van der Waals surface area contributed by atoms with Crippen molar-refractivity contribution >= 4 is 17.6 Å². The van der Waals surface area contributed by atoms with E-state index < -0.39 is 38.7 Å². The molecule has 12 heteroatoms. The first-order valence-corrected chi connectivity index (χ1v) is 9.17. The van der Waals surface area contributed by atoms with Gasteiger partial charge in [0.2, 0.25) is 0 Å². The number of oxime groups is 1. The Morgan fingerprint density at radius 3 is 2.06 bits per heavy atom. The maximum absolute atomic E-state index is 13.1. The van der Waals surface area contributed by atoms with E-state index >= 15 is 0 Å². The molecule has 0 aliphatic carbocycles. The van der Waals surface area contributed by atoms with Gasteiger partial charge in [0.1, 0.15) is 12.4 Å². The number of benzene rings is 3. The number of alkyl halides is 3. The molecule has 0 aliphatic heterocycles. The van der Waals surface area contributed by atoms with Gasteiger partial charge in [-0.05, 0) is 17.7 Å². The second kappa shape index (κ2) is 9.77. The molecule has 0 heterocycles. The molecule has 0 N–H and O–H groups in total. The first-order chi connectivity index (χ1) is 15.7. The molecular weight excluding hydrogens is 447 g/mol. The Kier molecular flexibility index (Phi) is 6.86. The minimum absolute atomic E-state index is 0.115. The predicted molar refractivity (Wildman–Crippen MR) is 110 cm³/mol. The molecule has 9 nitrogen and oxygen atoms in total. The molecule has 0 fully saturated rings. The zero-order valence-electron chi connectivity index (χ0n) is 16.6. The lowest BCUT2D eigenvalue weighted by Gasteiger charge is -2.12. The zero-order chi connectivity index (χ0) is 24.0. The molecule has 33 heavy (non-hydrogen) atoms. The van der Waals surface area contributed by atoms with Crippen LogP contribution in [0.1, 0.15) is 16.7 Å². The number of halogens is 3. The summed E-state index contributed by atoms with van der Waals surface area (Å²) in [5, 5.41) is 26.6. The first-order valence-electron chi connectivity index (χ1n) is 9.17. The van der Waals surface area contributed by atoms with Crippen molar-refractivity contribution in [3.8, 4) is 11.5 Å². The second-order valence-electron chi connectivity index (χ2n) is 6.49. The van der Waals surface area contributed by atoms with Gasteiger partial charge >= 0.3 is 17.6 Å². The third-order valence-electron chi connectivity index (χ3n) is 4.24. The Morgan fingerprint density at radius 2 is 1.48 bits per heavy atom. The van der Waals surface area contributed by atoms with E-state index in [0.29, 0.717) is 0 Å². The highest BCUT2D eigenvalue weighted by Crippen LogP contribution is 2.44. The van der Waals surface area contributed by atoms with Crippen LogP contribution in [0.25, 0.3) is 0 Å². The van der Waals surface area contributed by atoms with Gasteiger partial charge in [0.05, 0.1) is 21.6 Å². The van der Waals surface area contributed by atoms with Crippen LogP contribution in [0.2, 0.25) is 0 Å². The Hall–Kier alpha value is -4.48. The van der Waals surface area contributed by atoms with Gasteiger partial charge in [-0.2, -0.15) is 13.2 Å². The monoisotopic (exact) mass is 461 g/mol. The smallest absolute Gasteiger partial charge is 0.416 e. The fourth-order valence-electron chi connectivity index (χ4n) is 2.71. The van der Waals surface area contributed by atoms with Crippen molar-refractivity contribution in [1.82, 2.24) is 0 Å². The van der Waals surface area contributed by atoms with Crippen molar-refractivity contribution in [3.05, 3.63) is 104 Å². The van der Waals surface area contributed by atoms with E-state index in [1.807, 2.05) is 30.3 Å². The lowest BCUT2D eigenvalue weighted by atomic mass is 10.1. The molecule has 3 aromatic rings. The molecule has 0 saturated heterocycles. The van der Waals surface area contributed by atoms with Crippen molar-refractivity contribution in [2.45, 2.75) is 12.8 Å². The highest BCUT2D eigenvalue weighted by Gasteiger charge is 2.38. The predicted octanol–water partition coefficient (Wildman–Crippen LogP) is 5.86. The van der Waals surface area contributed by atoms with Crippen LogP contribution in [0.3, 0.4) is 0 Å². The van der Waals surface area contributed by atoms with Crippen LogP contribution >= 0.6 is 0 Å². The first kappa shape index (κ1) is 23.2. The van der Waals surface area contributed by atoms with Crippen molar-refractivity contribution in [2.24, 2.45) is 5.16 Å². The molecule has 0 aliphatic rings. The molecule has 3 aromatic carbocycles. The summed E-state index contributed by atoms with van der Waals surface area (Å²) < 4.78 is 44.6. The van der Waals surface area contributed by atoms with Crippen LogP contribution in [0.5, 0.6) is 11.5 Å². The number of para-hydroxylation sites is 1. The Labute approximate surface area is 184 Å². The summed E-state index contributed by atoms with van der Waals surface area (Å²) in [5.41, 5.74) is -2.89. The number of nitro groups is 2. The van der Waals surface area contributed by atoms with Crippen molar-refractivity contribution < 1.29 is 32.6 Å². The maximum atomic E-state index is 13.1. The van der Waals surface area contributed by atoms with Crippen molar-refractivity contribution in [1.29, 1.82) is 0 Å². The molecule has 0 amide bonds. The van der Waals surface area contributed by atoms with E-state index in [1.54, 1.807) is 6.07 Å². The number of hydrogen-bond acceptors (Lipinski definition) is 7. The molecule has 0 radical (unpaired) electrons. The lowest BCUT2D eigenvalue weighted by Crippen LogP contribution is -2.08. The van der Waals surface area contributed by atoms with Crippen LogP contribution in [0, 0.1) is 20.2 Å². The van der Waals surface area contributed by atoms with Crippen LogP contribution < -0.4 is 4.74 Å². The molecule has 0 spiro atoms. The van der Waals surface area contributed by atoms with Gasteiger partial charge in [-0.15, -0.1) is 0 Å². The van der Waals surface area contributed by atoms with Crippen molar-refractivity contribution in [2.75, 3.05) is 0 Å². The Morgan fingerprint density at radius 1 is 0.909 bits per heavy atom. The standard InChI is InChI=1S/C21H14F3N3O6/c22-21(23,24)16-10-17(26(28)29)20(18(11-16)27(30)31)33-19-9-5-4-8-15(19)12-25-32-13-14-6-2-1-3-7-14/h1-12H,13H2/b25-12+. The minimum atomic E-state index is -5.03. The van der Waals surface area contributed by atoms with E-state index in [0.717, 1.165) is 5.56 Å². The van der Waals surface area contributed by atoms with E-state index in [-0.39, 0.29) is 30.1 Å².